The van der Waals surface area contributed by atoms with Gasteiger partial charge in [-0.05, 0) is 26.8 Å². The molecule has 122 valence electrons. The molecule has 1 aromatic heterocycles. The second kappa shape index (κ2) is 10.2. The number of unbranched alkanes of at least 4 members (excludes halogenated alkanes) is 4. The Kier molecular flexibility index (Phi) is 9.02. The molecule has 0 amide bonds. The molecule has 1 atom stereocenters. The number of aromatic nitrogens is 2. The van der Waals surface area contributed by atoms with E-state index in [-0.39, 0.29) is 0 Å². The highest BCUT2D eigenvalue weighted by Crippen LogP contribution is 2.23. The zero-order valence-electron chi connectivity index (χ0n) is 14.2. The van der Waals surface area contributed by atoms with Gasteiger partial charge in [-0.1, -0.05) is 57.6 Å². The molecule has 4 heteroatoms. The lowest BCUT2D eigenvalue weighted by molar-refractivity contribution is 0.447. The average molecular weight is 314 g/mol. The van der Waals surface area contributed by atoms with Gasteiger partial charge in [0.1, 0.15) is 0 Å². The van der Waals surface area contributed by atoms with Crippen molar-refractivity contribution in [2.45, 2.75) is 85.2 Å². The largest absolute Gasteiger partial charge is 0.314 e. The van der Waals surface area contributed by atoms with Gasteiger partial charge in [0, 0.05) is 19.0 Å². The van der Waals surface area contributed by atoms with E-state index in [0.717, 1.165) is 30.2 Å². The van der Waals surface area contributed by atoms with E-state index < -0.39 is 0 Å². The number of hydrogen-bond donors (Lipinski definition) is 1. The Morgan fingerprint density at radius 1 is 1.14 bits per heavy atom. The first-order valence-electron chi connectivity index (χ1n) is 8.59. The van der Waals surface area contributed by atoms with E-state index in [0.29, 0.717) is 6.04 Å². The first-order valence-corrected chi connectivity index (χ1v) is 8.96. The molecule has 0 aromatic carbocycles. The molecule has 0 saturated heterocycles. The summed E-state index contributed by atoms with van der Waals surface area (Å²) >= 11 is 6.43. The number of rotatable bonds is 11. The first kappa shape index (κ1) is 18.5. The number of likely N-dealkylation sites (N-methyl/N-ethyl adjacent to an activating group) is 1. The topological polar surface area (TPSA) is 29.9 Å². The van der Waals surface area contributed by atoms with E-state index in [4.69, 9.17) is 11.6 Å². The molecule has 0 aliphatic carbocycles. The zero-order chi connectivity index (χ0) is 15.7. The van der Waals surface area contributed by atoms with Crippen molar-refractivity contribution in [2.24, 2.45) is 0 Å². The van der Waals surface area contributed by atoms with Crippen LogP contribution in [0.2, 0.25) is 5.02 Å². The Morgan fingerprint density at radius 2 is 1.86 bits per heavy atom. The highest BCUT2D eigenvalue weighted by Gasteiger charge is 2.17. The molecule has 0 bridgehead atoms. The average Bonchev–Trinajstić information content (AvgIpc) is 2.74. The minimum absolute atomic E-state index is 0.510. The molecule has 1 rings (SSSR count). The van der Waals surface area contributed by atoms with Crippen LogP contribution in [0.4, 0.5) is 0 Å². The lowest BCUT2D eigenvalue weighted by atomic mass is 10.0. The van der Waals surface area contributed by atoms with E-state index >= 15 is 0 Å². The SMILES string of the molecule is CCCCCCCC(Cc1c(Cl)c(C)nn1CC)NCC. The van der Waals surface area contributed by atoms with Gasteiger partial charge >= 0.3 is 0 Å². The summed E-state index contributed by atoms with van der Waals surface area (Å²) in [6, 6.07) is 0.510. The number of hydrogen-bond acceptors (Lipinski definition) is 2. The molecular weight excluding hydrogens is 282 g/mol. The maximum Gasteiger partial charge on any atom is 0.0847 e. The number of nitrogens with zero attached hydrogens (tertiary/aromatic N) is 2. The smallest absolute Gasteiger partial charge is 0.0847 e. The second-order valence-electron chi connectivity index (χ2n) is 5.82. The summed E-state index contributed by atoms with van der Waals surface area (Å²) in [5.41, 5.74) is 2.14. The highest BCUT2D eigenvalue weighted by atomic mass is 35.5. The Labute approximate surface area is 135 Å². The van der Waals surface area contributed by atoms with Crippen molar-refractivity contribution in [1.29, 1.82) is 0 Å². The van der Waals surface area contributed by atoms with Gasteiger partial charge < -0.3 is 5.32 Å². The molecule has 0 radical (unpaired) electrons. The van der Waals surface area contributed by atoms with Crippen molar-refractivity contribution in [3.05, 3.63) is 16.4 Å². The van der Waals surface area contributed by atoms with Crippen LogP contribution in [0.5, 0.6) is 0 Å². The Bertz CT molecular complexity index is 401. The molecule has 0 aliphatic heterocycles. The van der Waals surface area contributed by atoms with Crippen LogP contribution in [-0.4, -0.2) is 22.4 Å². The quantitative estimate of drug-likeness (QED) is 0.598. The lowest BCUT2D eigenvalue weighted by Gasteiger charge is -2.18. The summed E-state index contributed by atoms with van der Waals surface area (Å²) in [7, 11) is 0. The fourth-order valence-corrected chi connectivity index (χ4v) is 3.07. The van der Waals surface area contributed by atoms with Crippen molar-refractivity contribution in [2.75, 3.05) is 6.54 Å². The van der Waals surface area contributed by atoms with E-state index in [1.807, 2.05) is 6.92 Å². The van der Waals surface area contributed by atoms with Crippen LogP contribution in [0.3, 0.4) is 0 Å². The predicted molar refractivity (Wildman–Crippen MR) is 92.2 cm³/mol. The molecule has 1 heterocycles. The fraction of sp³-hybridized carbons (Fsp3) is 0.824. The summed E-state index contributed by atoms with van der Waals surface area (Å²) in [5, 5.41) is 8.98. The molecule has 0 aliphatic rings. The Balaban J connectivity index is 2.57. The molecule has 0 saturated carbocycles. The van der Waals surface area contributed by atoms with Crippen LogP contribution < -0.4 is 5.32 Å². The summed E-state index contributed by atoms with van der Waals surface area (Å²) in [4.78, 5) is 0. The van der Waals surface area contributed by atoms with Gasteiger partial charge in [0.15, 0.2) is 0 Å². The summed E-state index contributed by atoms with van der Waals surface area (Å²) in [6.45, 7) is 10.4. The zero-order valence-corrected chi connectivity index (χ0v) is 15.0. The van der Waals surface area contributed by atoms with Crippen LogP contribution in [-0.2, 0) is 13.0 Å². The van der Waals surface area contributed by atoms with Crippen LogP contribution in [0.25, 0.3) is 0 Å². The van der Waals surface area contributed by atoms with Crippen molar-refractivity contribution in [1.82, 2.24) is 15.1 Å². The molecule has 0 spiro atoms. The van der Waals surface area contributed by atoms with Gasteiger partial charge in [-0.2, -0.15) is 5.10 Å². The molecular formula is C17H32ClN3. The van der Waals surface area contributed by atoms with Crippen LogP contribution >= 0.6 is 11.6 Å². The molecule has 3 nitrogen and oxygen atoms in total. The number of aryl methyl sites for hydroxylation is 2. The molecule has 0 fully saturated rings. The van der Waals surface area contributed by atoms with Crippen molar-refractivity contribution < 1.29 is 0 Å². The summed E-state index contributed by atoms with van der Waals surface area (Å²) in [6.07, 6.45) is 8.88. The van der Waals surface area contributed by atoms with E-state index in [9.17, 15) is 0 Å². The van der Waals surface area contributed by atoms with E-state index in [1.165, 1.54) is 44.2 Å². The van der Waals surface area contributed by atoms with E-state index in [2.05, 4.69) is 35.9 Å². The minimum atomic E-state index is 0.510. The standard InChI is InChI=1S/C17H32ClN3/c1-5-8-9-10-11-12-15(19-6-2)13-16-17(18)14(4)20-21(16)7-3/h15,19H,5-13H2,1-4H3. The highest BCUT2D eigenvalue weighted by molar-refractivity contribution is 6.31. The normalized spacial score (nSPS) is 12.8. The summed E-state index contributed by atoms with van der Waals surface area (Å²) < 4.78 is 2.05. The van der Waals surface area contributed by atoms with Crippen LogP contribution in [0, 0.1) is 6.92 Å². The maximum atomic E-state index is 6.43. The van der Waals surface area contributed by atoms with Gasteiger partial charge in [0.2, 0.25) is 0 Å². The molecule has 21 heavy (non-hydrogen) atoms. The lowest BCUT2D eigenvalue weighted by Crippen LogP contribution is -2.31. The second-order valence-corrected chi connectivity index (χ2v) is 6.20. The van der Waals surface area contributed by atoms with Gasteiger partial charge in [-0.25, -0.2) is 0 Å². The minimum Gasteiger partial charge on any atom is -0.314 e. The van der Waals surface area contributed by atoms with Gasteiger partial charge in [0.05, 0.1) is 16.4 Å². The fourth-order valence-electron chi connectivity index (χ4n) is 2.86. The predicted octanol–water partition coefficient (Wildman–Crippen LogP) is 4.75. The summed E-state index contributed by atoms with van der Waals surface area (Å²) in [5.74, 6) is 0. The van der Waals surface area contributed by atoms with Crippen LogP contribution in [0.1, 0.15) is 70.7 Å². The van der Waals surface area contributed by atoms with Crippen LogP contribution in [0.15, 0.2) is 0 Å². The Hall–Kier alpha value is -0.540. The molecule has 1 N–H and O–H groups in total. The first-order chi connectivity index (χ1) is 10.1. The third kappa shape index (κ3) is 5.99. The number of nitrogens with one attached hydrogen (secondary N) is 1. The molecule has 1 aromatic rings. The number of halogens is 1. The third-order valence-electron chi connectivity index (χ3n) is 4.04. The van der Waals surface area contributed by atoms with Gasteiger partial charge in [-0.3, -0.25) is 4.68 Å². The van der Waals surface area contributed by atoms with Crippen molar-refractivity contribution in [3.63, 3.8) is 0 Å². The van der Waals surface area contributed by atoms with Gasteiger partial charge in [-0.15, -0.1) is 0 Å². The van der Waals surface area contributed by atoms with Gasteiger partial charge in [0.25, 0.3) is 0 Å². The molecule has 1 unspecified atom stereocenters. The van der Waals surface area contributed by atoms with Crippen molar-refractivity contribution in [3.8, 4) is 0 Å². The Morgan fingerprint density at radius 3 is 2.48 bits per heavy atom. The monoisotopic (exact) mass is 313 g/mol. The van der Waals surface area contributed by atoms with Crippen molar-refractivity contribution >= 4 is 11.6 Å². The third-order valence-corrected chi connectivity index (χ3v) is 4.53. The van der Waals surface area contributed by atoms with E-state index in [1.54, 1.807) is 0 Å². The maximum absolute atomic E-state index is 6.43.